The van der Waals surface area contributed by atoms with E-state index in [-0.39, 0.29) is 0 Å². The van der Waals surface area contributed by atoms with Crippen LogP contribution in [0.15, 0.2) is 0 Å². The first-order chi connectivity index (χ1) is 6.85. The van der Waals surface area contributed by atoms with Crippen LogP contribution in [0, 0.1) is 0 Å². The Hall–Kier alpha value is 0.0969. The second kappa shape index (κ2) is 11.2. The molecule has 3 nitrogen and oxygen atoms in total. The van der Waals surface area contributed by atoms with Gasteiger partial charge in [0.2, 0.25) is 0 Å². The molecular formula is C10H25NO2Si. The lowest BCUT2D eigenvalue weighted by molar-refractivity contribution is 0.196. The summed E-state index contributed by atoms with van der Waals surface area (Å²) in [5.41, 5.74) is 0. The van der Waals surface area contributed by atoms with Crippen LogP contribution in [0.25, 0.3) is 0 Å². The third kappa shape index (κ3) is 8.68. The molecule has 0 aromatic carbocycles. The Balaban J connectivity index is 3.49. The van der Waals surface area contributed by atoms with Crippen molar-refractivity contribution >= 4 is 9.28 Å². The van der Waals surface area contributed by atoms with Crippen LogP contribution in [0.5, 0.6) is 0 Å². The molecule has 0 atom stereocenters. The van der Waals surface area contributed by atoms with E-state index in [1.807, 2.05) is 7.05 Å². The second-order valence-corrected chi connectivity index (χ2v) is 5.52. The summed E-state index contributed by atoms with van der Waals surface area (Å²) in [6.07, 6.45) is 3.34. The molecule has 0 saturated carbocycles. The summed E-state index contributed by atoms with van der Waals surface area (Å²) in [6, 6.07) is 1.13. The average molecular weight is 219 g/mol. The van der Waals surface area contributed by atoms with E-state index in [9.17, 15) is 0 Å². The van der Waals surface area contributed by atoms with Gasteiger partial charge in [0.1, 0.15) is 0 Å². The van der Waals surface area contributed by atoms with E-state index in [1.165, 1.54) is 6.42 Å². The molecule has 0 aliphatic carbocycles. The fourth-order valence-electron chi connectivity index (χ4n) is 1.16. The van der Waals surface area contributed by atoms with Gasteiger partial charge in [0.15, 0.2) is 0 Å². The highest BCUT2D eigenvalue weighted by Crippen LogP contribution is 2.02. The van der Waals surface area contributed by atoms with Gasteiger partial charge in [-0.05, 0) is 38.9 Å². The first-order valence-electron chi connectivity index (χ1n) is 5.72. The van der Waals surface area contributed by atoms with Crippen molar-refractivity contribution in [2.75, 3.05) is 26.8 Å². The number of hydrogen-bond acceptors (Lipinski definition) is 3. The summed E-state index contributed by atoms with van der Waals surface area (Å²) in [4.78, 5) is 0. The van der Waals surface area contributed by atoms with Gasteiger partial charge in [-0.1, -0.05) is 13.8 Å². The van der Waals surface area contributed by atoms with Crippen molar-refractivity contribution in [1.29, 1.82) is 0 Å². The van der Waals surface area contributed by atoms with E-state index in [0.29, 0.717) is 0 Å². The standard InChI is InChI=1S/C10H25NO2Si/c1-4-8-12-14(13-9-5-2)10-6-7-11-3/h11,14H,4-10H2,1-3H3. The van der Waals surface area contributed by atoms with Crippen molar-refractivity contribution in [2.45, 2.75) is 39.2 Å². The van der Waals surface area contributed by atoms with Gasteiger partial charge in [0, 0.05) is 13.2 Å². The van der Waals surface area contributed by atoms with Crippen LogP contribution in [0.1, 0.15) is 33.1 Å². The molecule has 0 fully saturated rings. The predicted molar refractivity (Wildman–Crippen MR) is 63.0 cm³/mol. The van der Waals surface area contributed by atoms with Crippen molar-refractivity contribution in [1.82, 2.24) is 5.32 Å². The van der Waals surface area contributed by atoms with Crippen LogP contribution < -0.4 is 5.32 Å². The zero-order valence-corrected chi connectivity index (χ0v) is 11.0. The molecular weight excluding hydrogens is 194 g/mol. The third-order valence-electron chi connectivity index (χ3n) is 1.88. The predicted octanol–water partition coefficient (Wildman–Crippen LogP) is 1.67. The van der Waals surface area contributed by atoms with Crippen LogP contribution in [-0.2, 0) is 8.85 Å². The van der Waals surface area contributed by atoms with Crippen LogP contribution in [0.3, 0.4) is 0 Å². The first-order valence-corrected chi connectivity index (χ1v) is 7.48. The van der Waals surface area contributed by atoms with E-state index in [4.69, 9.17) is 8.85 Å². The normalized spacial score (nSPS) is 11.1. The van der Waals surface area contributed by atoms with Crippen LogP contribution in [0.2, 0.25) is 6.04 Å². The summed E-state index contributed by atoms with van der Waals surface area (Å²) >= 11 is 0. The summed E-state index contributed by atoms with van der Waals surface area (Å²) in [6.45, 7) is 7.06. The molecule has 0 bridgehead atoms. The minimum Gasteiger partial charge on any atom is -0.397 e. The fourth-order valence-corrected chi connectivity index (χ4v) is 3.12. The van der Waals surface area contributed by atoms with E-state index in [2.05, 4.69) is 19.2 Å². The maximum Gasteiger partial charge on any atom is 0.321 e. The fraction of sp³-hybridized carbons (Fsp3) is 1.00. The zero-order chi connectivity index (χ0) is 10.6. The van der Waals surface area contributed by atoms with Gasteiger partial charge in [-0.25, -0.2) is 0 Å². The van der Waals surface area contributed by atoms with E-state index < -0.39 is 9.28 Å². The molecule has 0 amide bonds. The molecule has 0 spiro atoms. The SMILES string of the molecule is CCCO[SiH](CCCNC)OCCC. The Morgan fingerprint density at radius 3 is 2.07 bits per heavy atom. The molecule has 0 heterocycles. The Morgan fingerprint density at radius 2 is 1.64 bits per heavy atom. The van der Waals surface area contributed by atoms with Gasteiger partial charge in [-0.3, -0.25) is 0 Å². The topological polar surface area (TPSA) is 30.5 Å². The van der Waals surface area contributed by atoms with Gasteiger partial charge in [-0.15, -0.1) is 0 Å². The molecule has 1 N–H and O–H groups in total. The van der Waals surface area contributed by atoms with Crippen molar-refractivity contribution in [3.8, 4) is 0 Å². The van der Waals surface area contributed by atoms with E-state index in [0.717, 1.165) is 38.6 Å². The van der Waals surface area contributed by atoms with Gasteiger partial charge in [0.25, 0.3) is 0 Å². The van der Waals surface area contributed by atoms with Crippen molar-refractivity contribution < 1.29 is 8.85 Å². The monoisotopic (exact) mass is 219 g/mol. The molecule has 0 aliphatic rings. The van der Waals surface area contributed by atoms with Crippen molar-refractivity contribution in [2.24, 2.45) is 0 Å². The highest BCUT2D eigenvalue weighted by molar-refractivity contribution is 6.44. The van der Waals surface area contributed by atoms with Crippen LogP contribution in [-0.4, -0.2) is 36.1 Å². The summed E-state index contributed by atoms with van der Waals surface area (Å²) < 4.78 is 11.5. The van der Waals surface area contributed by atoms with E-state index in [1.54, 1.807) is 0 Å². The quantitative estimate of drug-likeness (QED) is 0.448. The summed E-state index contributed by atoms with van der Waals surface area (Å²) in [7, 11) is 0.642. The molecule has 0 radical (unpaired) electrons. The summed E-state index contributed by atoms with van der Waals surface area (Å²) in [5, 5.41) is 3.15. The summed E-state index contributed by atoms with van der Waals surface area (Å²) in [5.74, 6) is 0. The van der Waals surface area contributed by atoms with Gasteiger partial charge in [0.05, 0.1) is 0 Å². The Bertz CT molecular complexity index is 106. The van der Waals surface area contributed by atoms with Gasteiger partial charge in [-0.2, -0.15) is 0 Å². The highest BCUT2D eigenvalue weighted by atomic mass is 28.3. The minimum absolute atomic E-state index is 0.861. The highest BCUT2D eigenvalue weighted by Gasteiger charge is 2.11. The van der Waals surface area contributed by atoms with Gasteiger partial charge < -0.3 is 14.2 Å². The lowest BCUT2D eigenvalue weighted by atomic mass is 10.5. The molecule has 0 aromatic heterocycles. The largest absolute Gasteiger partial charge is 0.397 e. The number of rotatable bonds is 10. The average Bonchev–Trinajstić information content (AvgIpc) is 2.21. The minimum atomic E-state index is -1.34. The van der Waals surface area contributed by atoms with E-state index >= 15 is 0 Å². The second-order valence-electron chi connectivity index (χ2n) is 3.42. The van der Waals surface area contributed by atoms with Crippen LogP contribution >= 0.6 is 0 Å². The molecule has 0 unspecified atom stereocenters. The lowest BCUT2D eigenvalue weighted by Crippen LogP contribution is -2.25. The van der Waals surface area contributed by atoms with Crippen LogP contribution in [0.4, 0.5) is 0 Å². The molecule has 0 aliphatic heterocycles. The Labute approximate surface area is 90.0 Å². The molecule has 0 aromatic rings. The van der Waals surface area contributed by atoms with Crippen molar-refractivity contribution in [3.05, 3.63) is 0 Å². The first kappa shape index (κ1) is 14.1. The zero-order valence-electron chi connectivity index (χ0n) is 9.84. The number of hydrogen-bond donors (Lipinski definition) is 1. The number of nitrogens with one attached hydrogen (secondary N) is 1. The third-order valence-corrected chi connectivity index (χ3v) is 3.98. The smallest absolute Gasteiger partial charge is 0.321 e. The molecule has 14 heavy (non-hydrogen) atoms. The maximum absolute atomic E-state index is 5.73. The Kier molecular flexibility index (Phi) is 11.3. The molecule has 4 heteroatoms. The van der Waals surface area contributed by atoms with Gasteiger partial charge >= 0.3 is 9.28 Å². The Morgan fingerprint density at radius 1 is 1.07 bits per heavy atom. The molecule has 0 saturated heterocycles. The van der Waals surface area contributed by atoms with Crippen molar-refractivity contribution in [3.63, 3.8) is 0 Å². The molecule has 86 valence electrons. The lowest BCUT2D eigenvalue weighted by Gasteiger charge is -2.15. The molecule has 0 rings (SSSR count). The maximum atomic E-state index is 5.73.